The molecule has 0 bridgehead atoms. The second kappa shape index (κ2) is 6.48. The van der Waals surface area contributed by atoms with Gasteiger partial charge >= 0.3 is 0 Å². The van der Waals surface area contributed by atoms with Crippen molar-refractivity contribution in [3.05, 3.63) is 48.4 Å². The van der Waals surface area contributed by atoms with Crippen molar-refractivity contribution in [3.63, 3.8) is 0 Å². The summed E-state index contributed by atoms with van der Waals surface area (Å²) in [6.07, 6.45) is 3.28. The maximum Gasteiger partial charge on any atom is 0.239 e. The van der Waals surface area contributed by atoms with Crippen LogP contribution in [0.2, 0.25) is 0 Å². The first-order chi connectivity index (χ1) is 12.2. The number of nitrogens with zero attached hydrogens (tertiary/aromatic N) is 5. The van der Waals surface area contributed by atoms with E-state index in [9.17, 15) is 4.79 Å². The lowest BCUT2D eigenvalue weighted by molar-refractivity contribution is -0.123. The molecule has 8 nitrogen and oxygen atoms in total. The van der Waals surface area contributed by atoms with Gasteiger partial charge in [0.2, 0.25) is 5.91 Å². The van der Waals surface area contributed by atoms with Crippen molar-refractivity contribution in [3.8, 4) is 0 Å². The molecule has 0 saturated carbocycles. The van der Waals surface area contributed by atoms with Crippen molar-refractivity contribution in [2.24, 2.45) is 5.73 Å². The Morgan fingerprint density at radius 1 is 1.12 bits per heavy atom. The first-order valence-corrected chi connectivity index (χ1v) is 8.21. The number of anilines is 1. The second-order valence-corrected chi connectivity index (χ2v) is 6.07. The number of hydrogen-bond donors (Lipinski definition) is 2. The normalized spacial score (nSPS) is 16.9. The maximum atomic E-state index is 12.0. The Morgan fingerprint density at radius 2 is 1.88 bits per heavy atom. The molecule has 1 aromatic carbocycles. The number of nitrogens with one attached hydrogen (secondary N) is 1. The number of carbonyl (C=O) groups excluding carboxylic acids is 1. The van der Waals surface area contributed by atoms with Crippen LogP contribution in [0, 0.1) is 0 Å². The van der Waals surface area contributed by atoms with Crippen LogP contribution in [-0.2, 0) is 4.79 Å². The Bertz CT molecular complexity index is 871. The summed E-state index contributed by atoms with van der Waals surface area (Å²) in [6, 6.07) is 9.28. The van der Waals surface area contributed by atoms with Gasteiger partial charge in [0.05, 0.1) is 11.6 Å². The number of carbonyl (C=O) groups is 1. The molecule has 3 heterocycles. The van der Waals surface area contributed by atoms with Gasteiger partial charge in [0.1, 0.15) is 18.2 Å². The van der Waals surface area contributed by atoms with E-state index < -0.39 is 6.04 Å². The summed E-state index contributed by atoms with van der Waals surface area (Å²) in [6.45, 7) is 2.97. The molecule has 2 aromatic heterocycles. The number of nitrogens with two attached hydrogens (primary N) is 1. The molecule has 1 aliphatic rings. The summed E-state index contributed by atoms with van der Waals surface area (Å²) < 4.78 is 0. The minimum atomic E-state index is -0.400. The van der Waals surface area contributed by atoms with Gasteiger partial charge in [-0.25, -0.2) is 9.97 Å². The minimum absolute atomic E-state index is 0.320. The van der Waals surface area contributed by atoms with Crippen LogP contribution >= 0.6 is 0 Å². The summed E-state index contributed by atoms with van der Waals surface area (Å²) in [5.41, 5.74) is 7.34. The monoisotopic (exact) mass is 337 g/mol. The molecule has 1 aliphatic heterocycles. The third kappa shape index (κ3) is 2.91. The van der Waals surface area contributed by atoms with Crippen LogP contribution in [0.25, 0.3) is 11.0 Å². The van der Waals surface area contributed by atoms with E-state index in [2.05, 4.69) is 30.0 Å². The number of benzene rings is 1. The van der Waals surface area contributed by atoms with Gasteiger partial charge in [-0.05, 0) is 5.56 Å². The fourth-order valence-electron chi connectivity index (χ4n) is 3.39. The quantitative estimate of drug-likeness (QED) is 0.726. The third-order valence-electron chi connectivity index (χ3n) is 4.59. The molecule has 1 fully saturated rings. The van der Waals surface area contributed by atoms with Gasteiger partial charge in [-0.1, -0.05) is 30.3 Å². The van der Waals surface area contributed by atoms with Gasteiger partial charge in [-0.3, -0.25) is 14.8 Å². The highest BCUT2D eigenvalue weighted by Crippen LogP contribution is 2.26. The molecule has 25 heavy (non-hydrogen) atoms. The molecular formula is C17H19N7O. The zero-order valence-corrected chi connectivity index (χ0v) is 13.7. The van der Waals surface area contributed by atoms with E-state index in [1.807, 2.05) is 30.3 Å². The summed E-state index contributed by atoms with van der Waals surface area (Å²) in [5.74, 6) is 0.549. The molecule has 3 N–H and O–H groups in total. The highest BCUT2D eigenvalue weighted by Gasteiger charge is 2.29. The molecule has 3 aromatic rings. The zero-order chi connectivity index (χ0) is 17.2. The van der Waals surface area contributed by atoms with Crippen molar-refractivity contribution >= 4 is 22.8 Å². The lowest BCUT2D eigenvalue weighted by Crippen LogP contribution is -2.50. The maximum absolute atomic E-state index is 12.0. The van der Waals surface area contributed by atoms with Gasteiger partial charge in [0, 0.05) is 26.2 Å². The first kappa shape index (κ1) is 15.5. The number of hydrogen-bond acceptors (Lipinski definition) is 6. The number of rotatable bonds is 4. The van der Waals surface area contributed by atoms with E-state index in [4.69, 9.17) is 5.73 Å². The summed E-state index contributed by atoms with van der Waals surface area (Å²) >= 11 is 0. The highest BCUT2D eigenvalue weighted by atomic mass is 16.1. The molecule has 1 amide bonds. The van der Waals surface area contributed by atoms with Gasteiger partial charge in [0.25, 0.3) is 0 Å². The Labute approximate surface area is 144 Å². The fourth-order valence-corrected chi connectivity index (χ4v) is 3.39. The van der Waals surface area contributed by atoms with Crippen LogP contribution in [0.4, 0.5) is 5.82 Å². The van der Waals surface area contributed by atoms with Crippen LogP contribution in [-0.4, -0.2) is 57.2 Å². The highest BCUT2D eigenvalue weighted by molar-refractivity contribution is 5.86. The van der Waals surface area contributed by atoms with Crippen molar-refractivity contribution in [1.29, 1.82) is 0 Å². The lowest BCUT2D eigenvalue weighted by Gasteiger charge is -2.38. The predicted octanol–water partition coefficient (Wildman–Crippen LogP) is 0.701. The van der Waals surface area contributed by atoms with Crippen molar-refractivity contribution in [2.45, 2.75) is 6.04 Å². The van der Waals surface area contributed by atoms with E-state index in [0.29, 0.717) is 0 Å². The number of primary amides is 1. The Hall–Kier alpha value is -3.00. The predicted molar refractivity (Wildman–Crippen MR) is 93.8 cm³/mol. The number of aromatic amines is 1. The molecule has 4 rings (SSSR count). The molecule has 0 aliphatic carbocycles. The van der Waals surface area contributed by atoms with Crippen molar-refractivity contribution in [2.75, 3.05) is 31.1 Å². The molecule has 0 spiro atoms. The molecule has 1 atom stereocenters. The topological polar surface area (TPSA) is 104 Å². The summed E-state index contributed by atoms with van der Waals surface area (Å²) in [4.78, 5) is 24.9. The largest absolute Gasteiger partial charge is 0.368 e. The van der Waals surface area contributed by atoms with Crippen LogP contribution in [0.5, 0.6) is 0 Å². The Morgan fingerprint density at radius 3 is 2.60 bits per heavy atom. The molecule has 1 saturated heterocycles. The second-order valence-electron chi connectivity index (χ2n) is 6.07. The standard InChI is InChI=1S/C17H19N7O/c18-15(25)14(12-4-2-1-3-5-12)23-6-8-24(9-7-23)17-13-10-21-22-16(13)19-11-20-17/h1-5,10-11,14H,6-9H2,(H2,18,25)(H,19,20,21,22)/t14-/m1/s1. The van der Waals surface area contributed by atoms with Gasteiger partial charge in [0.15, 0.2) is 5.65 Å². The smallest absolute Gasteiger partial charge is 0.239 e. The van der Waals surface area contributed by atoms with Crippen LogP contribution in [0.3, 0.4) is 0 Å². The van der Waals surface area contributed by atoms with E-state index in [1.165, 1.54) is 0 Å². The Kier molecular flexibility index (Phi) is 4.02. The fraction of sp³-hybridized carbons (Fsp3) is 0.294. The molecule has 0 radical (unpaired) electrons. The molecular weight excluding hydrogens is 318 g/mol. The van der Waals surface area contributed by atoms with Crippen molar-refractivity contribution < 1.29 is 4.79 Å². The van der Waals surface area contributed by atoms with E-state index >= 15 is 0 Å². The van der Waals surface area contributed by atoms with Crippen LogP contribution < -0.4 is 10.6 Å². The third-order valence-corrected chi connectivity index (χ3v) is 4.59. The molecule has 8 heteroatoms. The van der Waals surface area contributed by atoms with E-state index in [-0.39, 0.29) is 5.91 Å². The lowest BCUT2D eigenvalue weighted by atomic mass is 10.0. The number of aromatic nitrogens is 4. The summed E-state index contributed by atoms with van der Waals surface area (Å²) in [5, 5.41) is 7.81. The number of amides is 1. The van der Waals surface area contributed by atoms with Crippen molar-refractivity contribution in [1.82, 2.24) is 25.1 Å². The SMILES string of the molecule is NC(=O)[C@@H](c1ccccc1)N1CCN(c2ncnc3[nH]ncc23)CC1. The first-order valence-electron chi connectivity index (χ1n) is 8.21. The zero-order valence-electron chi connectivity index (χ0n) is 13.7. The van der Waals surface area contributed by atoms with Gasteiger partial charge < -0.3 is 10.6 Å². The molecule has 128 valence electrons. The number of fused-ring (bicyclic) bond motifs is 1. The average molecular weight is 337 g/mol. The van der Waals surface area contributed by atoms with E-state index in [1.54, 1.807) is 12.5 Å². The minimum Gasteiger partial charge on any atom is -0.368 e. The van der Waals surface area contributed by atoms with Crippen LogP contribution in [0.15, 0.2) is 42.9 Å². The summed E-state index contributed by atoms with van der Waals surface area (Å²) in [7, 11) is 0. The van der Waals surface area contributed by atoms with Gasteiger partial charge in [-0.15, -0.1) is 0 Å². The number of piperazine rings is 1. The van der Waals surface area contributed by atoms with E-state index in [0.717, 1.165) is 48.6 Å². The van der Waals surface area contributed by atoms with Gasteiger partial charge in [-0.2, -0.15) is 5.10 Å². The average Bonchev–Trinajstić information content (AvgIpc) is 3.12. The number of H-pyrrole nitrogens is 1. The van der Waals surface area contributed by atoms with Crippen LogP contribution in [0.1, 0.15) is 11.6 Å². The Balaban J connectivity index is 1.53. The molecule has 0 unspecified atom stereocenters.